The lowest BCUT2D eigenvalue weighted by Gasteiger charge is -2.04. The topological polar surface area (TPSA) is 17.1 Å². The molecule has 0 bridgehead atoms. The van der Waals surface area contributed by atoms with Crippen molar-refractivity contribution in [3.63, 3.8) is 0 Å². The summed E-state index contributed by atoms with van der Waals surface area (Å²) in [6.45, 7) is 6.31. The average Bonchev–Trinajstić information content (AvgIpc) is 2.34. The van der Waals surface area contributed by atoms with Gasteiger partial charge < -0.3 is 0 Å². The van der Waals surface area contributed by atoms with Crippen LogP contribution in [-0.4, -0.2) is 17.3 Å². The third-order valence-corrected chi connectivity index (χ3v) is 4.49. The molecule has 0 unspecified atom stereocenters. The average molecular weight is 287 g/mol. The van der Waals surface area contributed by atoms with Crippen molar-refractivity contribution in [1.82, 2.24) is 0 Å². The predicted molar refractivity (Wildman–Crippen MR) is 89.0 cm³/mol. The van der Waals surface area contributed by atoms with Crippen molar-refractivity contribution >= 4 is 17.5 Å². The third kappa shape index (κ3) is 18.0. The Bertz CT molecular complexity index is 201. The van der Waals surface area contributed by atoms with Gasteiger partial charge in [0, 0.05) is 12.2 Å². The van der Waals surface area contributed by atoms with E-state index in [9.17, 15) is 4.79 Å². The largest absolute Gasteiger partial charge is 0.300 e. The van der Waals surface area contributed by atoms with E-state index in [-0.39, 0.29) is 0 Å². The SMILES string of the molecule is CC(=O)CCSCCCCCCCCCCC(C)C. The maximum atomic E-state index is 10.7. The van der Waals surface area contributed by atoms with Gasteiger partial charge in [0.2, 0.25) is 0 Å². The van der Waals surface area contributed by atoms with Crippen LogP contribution in [0.1, 0.15) is 85.0 Å². The summed E-state index contributed by atoms with van der Waals surface area (Å²) in [7, 11) is 0. The highest BCUT2D eigenvalue weighted by molar-refractivity contribution is 7.99. The van der Waals surface area contributed by atoms with E-state index in [2.05, 4.69) is 13.8 Å². The van der Waals surface area contributed by atoms with Gasteiger partial charge in [0.1, 0.15) is 5.78 Å². The molecule has 2 heteroatoms. The molecule has 114 valence electrons. The first-order valence-electron chi connectivity index (χ1n) is 8.20. The normalized spacial score (nSPS) is 11.2. The third-order valence-electron chi connectivity index (χ3n) is 3.42. The quantitative estimate of drug-likeness (QED) is 0.372. The number of carbonyl (C=O) groups is 1. The zero-order chi connectivity index (χ0) is 14.3. The van der Waals surface area contributed by atoms with E-state index < -0.39 is 0 Å². The monoisotopic (exact) mass is 286 g/mol. The minimum absolute atomic E-state index is 0.324. The molecule has 0 radical (unpaired) electrons. The van der Waals surface area contributed by atoms with Crippen LogP contribution in [0.5, 0.6) is 0 Å². The molecular formula is C17H34OS. The Morgan fingerprint density at radius 3 is 1.89 bits per heavy atom. The summed E-state index contributed by atoms with van der Waals surface area (Å²) in [5.74, 6) is 3.46. The van der Waals surface area contributed by atoms with Crippen LogP contribution in [0, 0.1) is 5.92 Å². The Hall–Kier alpha value is 0.0200. The van der Waals surface area contributed by atoms with Gasteiger partial charge in [-0.1, -0.05) is 65.2 Å². The molecule has 0 rings (SSSR count). The maximum Gasteiger partial charge on any atom is 0.130 e. The van der Waals surface area contributed by atoms with Crippen LogP contribution >= 0.6 is 11.8 Å². The van der Waals surface area contributed by atoms with Crippen molar-refractivity contribution < 1.29 is 4.79 Å². The fourth-order valence-electron chi connectivity index (χ4n) is 2.14. The van der Waals surface area contributed by atoms with E-state index >= 15 is 0 Å². The van der Waals surface area contributed by atoms with Gasteiger partial charge in [-0.25, -0.2) is 0 Å². The number of hydrogen-bond donors (Lipinski definition) is 0. The minimum Gasteiger partial charge on any atom is -0.300 e. The van der Waals surface area contributed by atoms with Crippen LogP contribution < -0.4 is 0 Å². The first-order valence-corrected chi connectivity index (χ1v) is 9.35. The van der Waals surface area contributed by atoms with E-state index in [4.69, 9.17) is 0 Å². The molecule has 0 amide bonds. The first-order chi connectivity index (χ1) is 9.13. The number of unbranched alkanes of at least 4 members (excludes halogenated alkanes) is 7. The molecule has 0 aromatic carbocycles. The smallest absolute Gasteiger partial charge is 0.130 e. The fraction of sp³-hybridized carbons (Fsp3) is 0.941. The molecule has 0 N–H and O–H groups in total. The standard InChI is InChI=1S/C17H34OS/c1-16(2)12-10-8-6-4-5-7-9-11-14-19-15-13-17(3)18/h16H,4-15H2,1-3H3. The highest BCUT2D eigenvalue weighted by Crippen LogP contribution is 2.13. The molecule has 1 nitrogen and oxygen atoms in total. The van der Waals surface area contributed by atoms with Crippen LogP contribution in [0.15, 0.2) is 0 Å². The second-order valence-corrected chi connectivity index (χ2v) is 7.30. The lowest BCUT2D eigenvalue weighted by Crippen LogP contribution is -1.93. The van der Waals surface area contributed by atoms with Gasteiger partial charge in [0.15, 0.2) is 0 Å². The lowest BCUT2D eigenvalue weighted by molar-refractivity contribution is -0.116. The van der Waals surface area contributed by atoms with Crippen LogP contribution in [-0.2, 0) is 4.79 Å². The van der Waals surface area contributed by atoms with E-state index in [1.807, 2.05) is 11.8 Å². The molecule has 0 aliphatic rings. The molecule has 0 spiro atoms. The highest BCUT2D eigenvalue weighted by atomic mass is 32.2. The summed E-state index contributed by atoms with van der Waals surface area (Å²) in [4.78, 5) is 10.7. The second-order valence-electron chi connectivity index (χ2n) is 6.08. The van der Waals surface area contributed by atoms with Crippen molar-refractivity contribution in [2.45, 2.75) is 85.0 Å². The van der Waals surface area contributed by atoms with Crippen molar-refractivity contribution in [3.05, 3.63) is 0 Å². The van der Waals surface area contributed by atoms with Gasteiger partial charge in [-0.2, -0.15) is 11.8 Å². The van der Waals surface area contributed by atoms with Crippen molar-refractivity contribution in [3.8, 4) is 0 Å². The van der Waals surface area contributed by atoms with E-state index in [1.54, 1.807) is 6.92 Å². The Morgan fingerprint density at radius 2 is 1.37 bits per heavy atom. The van der Waals surface area contributed by atoms with Crippen LogP contribution in [0.25, 0.3) is 0 Å². The number of hydrogen-bond acceptors (Lipinski definition) is 2. The van der Waals surface area contributed by atoms with Crippen LogP contribution in [0.3, 0.4) is 0 Å². The van der Waals surface area contributed by atoms with Crippen molar-refractivity contribution in [2.75, 3.05) is 11.5 Å². The van der Waals surface area contributed by atoms with Gasteiger partial charge in [-0.15, -0.1) is 0 Å². The molecule has 0 heterocycles. The minimum atomic E-state index is 0.324. The van der Waals surface area contributed by atoms with Gasteiger partial charge in [0.25, 0.3) is 0 Å². The highest BCUT2D eigenvalue weighted by Gasteiger charge is 1.96. The fourth-order valence-corrected chi connectivity index (χ4v) is 3.18. The van der Waals surface area contributed by atoms with Gasteiger partial charge in [-0.05, 0) is 25.0 Å². The molecule has 0 aromatic rings. The summed E-state index contributed by atoms with van der Waals surface area (Å²) in [5, 5.41) is 0. The zero-order valence-electron chi connectivity index (χ0n) is 13.4. The Labute approximate surface area is 125 Å². The number of thioether (sulfide) groups is 1. The van der Waals surface area contributed by atoms with Gasteiger partial charge in [-0.3, -0.25) is 4.79 Å². The van der Waals surface area contributed by atoms with E-state index in [1.165, 1.54) is 63.5 Å². The Balaban J connectivity index is 2.97. The van der Waals surface area contributed by atoms with Crippen LogP contribution in [0.2, 0.25) is 0 Å². The lowest BCUT2D eigenvalue weighted by atomic mass is 10.0. The molecule has 0 saturated carbocycles. The second kappa shape index (κ2) is 14.4. The van der Waals surface area contributed by atoms with Gasteiger partial charge in [0.05, 0.1) is 0 Å². The number of Topliss-reactive ketones (excluding diaryl/α,β-unsaturated/α-hetero) is 1. The molecular weight excluding hydrogens is 252 g/mol. The van der Waals surface area contributed by atoms with Gasteiger partial charge >= 0.3 is 0 Å². The molecule has 0 fully saturated rings. The number of carbonyl (C=O) groups excluding carboxylic acids is 1. The molecule has 0 saturated heterocycles. The summed E-state index contributed by atoms with van der Waals surface area (Å²) in [5.41, 5.74) is 0. The van der Waals surface area contributed by atoms with Crippen molar-refractivity contribution in [1.29, 1.82) is 0 Å². The van der Waals surface area contributed by atoms with Crippen LogP contribution in [0.4, 0.5) is 0 Å². The molecule has 0 aliphatic carbocycles. The predicted octanol–water partition coefficient (Wildman–Crippen LogP) is 5.87. The zero-order valence-corrected chi connectivity index (χ0v) is 14.2. The van der Waals surface area contributed by atoms with Crippen molar-refractivity contribution in [2.24, 2.45) is 5.92 Å². The summed E-state index contributed by atoms with van der Waals surface area (Å²) < 4.78 is 0. The summed E-state index contributed by atoms with van der Waals surface area (Å²) in [6.07, 6.45) is 13.4. The van der Waals surface area contributed by atoms with E-state index in [0.717, 1.165) is 18.1 Å². The Morgan fingerprint density at radius 1 is 0.842 bits per heavy atom. The number of ketones is 1. The first kappa shape index (κ1) is 19.0. The Kier molecular flexibility index (Phi) is 14.4. The molecule has 0 aromatic heterocycles. The summed E-state index contributed by atoms with van der Waals surface area (Å²) in [6, 6.07) is 0. The summed E-state index contributed by atoms with van der Waals surface area (Å²) >= 11 is 1.94. The maximum absolute atomic E-state index is 10.7. The number of rotatable bonds is 14. The van der Waals surface area contributed by atoms with E-state index in [0.29, 0.717) is 5.78 Å². The molecule has 0 atom stereocenters. The molecule has 19 heavy (non-hydrogen) atoms. The molecule has 0 aliphatic heterocycles.